The minimum absolute atomic E-state index is 0.0751. The van der Waals surface area contributed by atoms with Gasteiger partial charge in [0.1, 0.15) is 0 Å². The highest BCUT2D eigenvalue weighted by molar-refractivity contribution is 6.33. The molecule has 0 aliphatic rings. The predicted octanol–water partition coefficient (Wildman–Crippen LogP) is 2.82. The molecule has 2 amide bonds. The molecule has 0 fully saturated rings. The van der Waals surface area contributed by atoms with E-state index >= 15 is 0 Å². The molecule has 20 heavy (non-hydrogen) atoms. The third-order valence-electron chi connectivity index (χ3n) is 2.29. The van der Waals surface area contributed by atoms with Gasteiger partial charge in [0.05, 0.1) is 10.7 Å². The summed E-state index contributed by atoms with van der Waals surface area (Å²) in [6.45, 7) is 3.90. The van der Waals surface area contributed by atoms with Crippen LogP contribution in [0.25, 0.3) is 0 Å². The molecule has 0 spiro atoms. The summed E-state index contributed by atoms with van der Waals surface area (Å²) in [6.07, 6.45) is 1.78. The molecular formula is C14H18ClN3O2. The number of amides is 2. The molecule has 2 N–H and O–H groups in total. The minimum atomic E-state index is -0.295. The van der Waals surface area contributed by atoms with E-state index < -0.39 is 0 Å². The smallest absolute Gasteiger partial charge is 0.240 e. The van der Waals surface area contributed by atoms with Gasteiger partial charge in [0, 0.05) is 19.1 Å². The van der Waals surface area contributed by atoms with E-state index in [4.69, 9.17) is 11.6 Å². The molecule has 0 heterocycles. The molecule has 0 unspecified atom stereocenters. The summed E-state index contributed by atoms with van der Waals surface area (Å²) in [5.74, 6) is -0.295. The summed E-state index contributed by atoms with van der Waals surface area (Å²) in [7, 11) is 0. The highest BCUT2D eigenvalue weighted by Crippen LogP contribution is 2.20. The number of nitrogens with one attached hydrogen (secondary N) is 2. The number of anilines is 1. The monoisotopic (exact) mass is 295 g/mol. The van der Waals surface area contributed by atoms with Crippen LogP contribution in [0.4, 0.5) is 5.69 Å². The number of rotatable bonds is 6. The van der Waals surface area contributed by atoms with Crippen LogP contribution in [-0.2, 0) is 9.59 Å². The number of nitrogens with zero attached hydrogens (tertiary/aromatic N) is 1. The van der Waals surface area contributed by atoms with E-state index in [0.717, 1.165) is 0 Å². The highest BCUT2D eigenvalue weighted by Gasteiger charge is 2.08. The van der Waals surface area contributed by atoms with Gasteiger partial charge in [-0.3, -0.25) is 9.59 Å². The second kappa shape index (κ2) is 8.32. The van der Waals surface area contributed by atoms with Gasteiger partial charge in [-0.2, -0.15) is 5.10 Å². The fourth-order valence-electron chi connectivity index (χ4n) is 1.32. The molecule has 0 aliphatic heterocycles. The maximum atomic E-state index is 11.7. The maximum Gasteiger partial charge on any atom is 0.240 e. The Morgan fingerprint density at radius 1 is 1.25 bits per heavy atom. The van der Waals surface area contributed by atoms with Gasteiger partial charge < -0.3 is 5.32 Å². The molecule has 0 saturated heterocycles. The summed E-state index contributed by atoms with van der Waals surface area (Å²) in [4.78, 5) is 23.1. The van der Waals surface area contributed by atoms with Gasteiger partial charge in [0.25, 0.3) is 0 Å². The lowest BCUT2D eigenvalue weighted by atomic mass is 10.2. The van der Waals surface area contributed by atoms with Crippen molar-refractivity contribution in [3.63, 3.8) is 0 Å². The zero-order valence-corrected chi connectivity index (χ0v) is 12.3. The summed E-state index contributed by atoms with van der Waals surface area (Å²) in [5.41, 5.74) is 2.91. The zero-order valence-electron chi connectivity index (χ0n) is 11.5. The second-order valence-corrected chi connectivity index (χ2v) is 4.99. The van der Waals surface area contributed by atoms with Crippen LogP contribution in [0.3, 0.4) is 0 Å². The first-order valence-corrected chi connectivity index (χ1v) is 6.73. The Labute approximate surface area is 123 Å². The van der Waals surface area contributed by atoms with Crippen LogP contribution in [-0.4, -0.2) is 18.0 Å². The number of halogens is 1. The van der Waals surface area contributed by atoms with Crippen molar-refractivity contribution in [2.75, 3.05) is 5.32 Å². The van der Waals surface area contributed by atoms with Gasteiger partial charge in [-0.15, -0.1) is 0 Å². The molecule has 0 bridgehead atoms. The second-order valence-electron chi connectivity index (χ2n) is 4.59. The van der Waals surface area contributed by atoms with Crippen molar-refractivity contribution in [2.45, 2.75) is 26.7 Å². The molecule has 1 rings (SSSR count). The van der Waals surface area contributed by atoms with Crippen molar-refractivity contribution in [1.29, 1.82) is 0 Å². The quantitative estimate of drug-likeness (QED) is 0.626. The van der Waals surface area contributed by atoms with E-state index in [2.05, 4.69) is 15.8 Å². The molecule has 0 atom stereocenters. The first kappa shape index (κ1) is 16.2. The Morgan fingerprint density at radius 3 is 2.55 bits per heavy atom. The van der Waals surface area contributed by atoms with Crippen LogP contribution in [0.1, 0.15) is 26.7 Å². The summed E-state index contributed by atoms with van der Waals surface area (Å²) in [5, 5.41) is 6.88. The van der Waals surface area contributed by atoms with Crippen LogP contribution in [0.5, 0.6) is 0 Å². The van der Waals surface area contributed by atoms with Crippen LogP contribution in [0.15, 0.2) is 29.4 Å². The van der Waals surface area contributed by atoms with Crippen LogP contribution < -0.4 is 10.7 Å². The zero-order chi connectivity index (χ0) is 15.0. The summed E-state index contributed by atoms with van der Waals surface area (Å²) >= 11 is 5.92. The molecule has 0 aromatic heterocycles. The Bertz CT molecular complexity index is 501. The number of para-hydroxylation sites is 1. The molecule has 0 aliphatic carbocycles. The molecule has 5 nitrogen and oxygen atoms in total. The number of hydrogen-bond acceptors (Lipinski definition) is 3. The Morgan fingerprint density at radius 2 is 1.90 bits per heavy atom. The maximum absolute atomic E-state index is 11.7. The van der Waals surface area contributed by atoms with Crippen molar-refractivity contribution in [1.82, 2.24) is 5.43 Å². The van der Waals surface area contributed by atoms with Crippen molar-refractivity contribution in [3.8, 4) is 0 Å². The number of benzene rings is 1. The molecule has 1 aromatic rings. The molecule has 6 heteroatoms. The molecule has 108 valence electrons. The topological polar surface area (TPSA) is 70.6 Å². The molecular weight excluding hydrogens is 278 g/mol. The summed E-state index contributed by atoms with van der Waals surface area (Å²) in [6, 6.07) is 6.94. The standard InChI is InChI=1S/C14H18ClN3O2/c1-10(2)9-16-18-14(20)8-7-13(19)17-12-6-4-3-5-11(12)15/h3-6,9-10H,7-8H2,1-2H3,(H,17,19)(H,18,20). The fraction of sp³-hybridized carbons (Fsp3) is 0.357. The molecule has 1 aromatic carbocycles. The number of carbonyl (C=O) groups excluding carboxylic acids is 2. The number of hydrazone groups is 1. The first-order chi connectivity index (χ1) is 9.49. The van der Waals surface area contributed by atoms with E-state index in [1.807, 2.05) is 13.8 Å². The number of hydrogen-bond donors (Lipinski definition) is 2. The van der Waals surface area contributed by atoms with Crippen LogP contribution in [0, 0.1) is 5.92 Å². The Kier molecular flexibility index (Phi) is 6.73. The van der Waals surface area contributed by atoms with Crippen molar-refractivity contribution in [3.05, 3.63) is 29.3 Å². The lowest BCUT2D eigenvalue weighted by molar-refractivity contribution is -0.124. The third kappa shape index (κ3) is 6.33. The van der Waals surface area contributed by atoms with Crippen LogP contribution >= 0.6 is 11.6 Å². The minimum Gasteiger partial charge on any atom is -0.325 e. The van der Waals surface area contributed by atoms with E-state index in [1.165, 1.54) is 0 Å². The number of carbonyl (C=O) groups is 2. The van der Waals surface area contributed by atoms with Gasteiger partial charge in [0.15, 0.2) is 0 Å². The van der Waals surface area contributed by atoms with E-state index in [-0.39, 0.29) is 30.6 Å². The van der Waals surface area contributed by atoms with E-state index in [0.29, 0.717) is 10.7 Å². The fourth-order valence-corrected chi connectivity index (χ4v) is 1.50. The lowest BCUT2D eigenvalue weighted by Gasteiger charge is -2.06. The Hall–Kier alpha value is -1.88. The summed E-state index contributed by atoms with van der Waals surface area (Å²) < 4.78 is 0. The predicted molar refractivity (Wildman–Crippen MR) is 80.8 cm³/mol. The first-order valence-electron chi connectivity index (χ1n) is 6.35. The normalized spacial score (nSPS) is 10.8. The highest BCUT2D eigenvalue weighted by atomic mass is 35.5. The SMILES string of the molecule is CC(C)C=NNC(=O)CCC(=O)Nc1ccccc1Cl. The van der Waals surface area contributed by atoms with Gasteiger partial charge in [-0.05, 0) is 18.1 Å². The van der Waals surface area contributed by atoms with E-state index in [1.54, 1.807) is 30.5 Å². The van der Waals surface area contributed by atoms with Crippen LogP contribution in [0.2, 0.25) is 5.02 Å². The van der Waals surface area contributed by atoms with Gasteiger partial charge in [-0.25, -0.2) is 5.43 Å². The molecule has 0 saturated carbocycles. The van der Waals surface area contributed by atoms with Crippen molar-refractivity contribution < 1.29 is 9.59 Å². The average molecular weight is 296 g/mol. The molecule has 0 radical (unpaired) electrons. The lowest BCUT2D eigenvalue weighted by Crippen LogP contribution is -2.21. The third-order valence-corrected chi connectivity index (χ3v) is 2.62. The van der Waals surface area contributed by atoms with Crippen molar-refractivity contribution in [2.24, 2.45) is 11.0 Å². The van der Waals surface area contributed by atoms with Crippen molar-refractivity contribution >= 4 is 35.3 Å². The van der Waals surface area contributed by atoms with Gasteiger partial charge in [0.2, 0.25) is 11.8 Å². The van der Waals surface area contributed by atoms with Gasteiger partial charge >= 0.3 is 0 Å². The average Bonchev–Trinajstić information content (AvgIpc) is 2.39. The Balaban J connectivity index is 2.33. The van der Waals surface area contributed by atoms with Gasteiger partial charge in [-0.1, -0.05) is 37.6 Å². The van der Waals surface area contributed by atoms with E-state index in [9.17, 15) is 9.59 Å². The largest absolute Gasteiger partial charge is 0.325 e.